The number of carbonyl (C=O) groups excluding carboxylic acids is 11. The van der Waals surface area contributed by atoms with Gasteiger partial charge in [0.1, 0.15) is 59.7 Å². The van der Waals surface area contributed by atoms with E-state index in [0.29, 0.717) is 44.4 Å². The van der Waals surface area contributed by atoms with Crippen molar-refractivity contribution in [3.63, 3.8) is 0 Å². The molecule has 28 nitrogen and oxygen atoms in total. The van der Waals surface area contributed by atoms with Crippen LogP contribution in [0.2, 0.25) is 0 Å². The Hall–Kier alpha value is -7.44. The van der Waals surface area contributed by atoms with Crippen LogP contribution in [-0.2, 0) is 52.7 Å². The van der Waals surface area contributed by atoms with Gasteiger partial charge < -0.3 is 79.5 Å². The number of hydrogen-bond acceptors (Lipinski definition) is 18. The van der Waals surface area contributed by atoms with E-state index < -0.39 is 132 Å². The molecule has 11 amide bonds. The lowest BCUT2D eigenvalue weighted by molar-refractivity contribution is -0.133. The first-order chi connectivity index (χ1) is 38.6. The third-order valence-electron chi connectivity index (χ3n) is 12.4. The van der Waals surface area contributed by atoms with Crippen molar-refractivity contribution in [3.8, 4) is 5.75 Å². The van der Waals surface area contributed by atoms with Crippen LogP contribution in [0.4, 0.5) is 5.69 Å². The summed E-state index contributed by atoms with van der Waals surface area (Å²) in [4.78, 5) is 159. The van der Waals surface area contributed by atoms with Crippen molar-refractivity contribution in [1.29, 1.82) is 0 Å². The largest absolute Gasteiger partial charge is 0.497 e. The fourth-order valence-corrected chi connectivity index (χ4v) is 8.43. The van der Waals surface area contributed by atoms with Gasteiger partial charge in [-0.05, 0) is 111 Å². The van der Waals surface area contributed by atoms with Crippen LogP contribution >= 0.6 is 24.8 Å². The number of benzene rings is 1. The van der Waals surface area contributed by atoms with Gasteiger partial charge in [0, 0.05) is 30.2 Å². The SMILES string of the molecule is COc1ccc2c(N(C(=O)[C@H](CCCCN)NC(=O)[C@H](C)NC(=O)[C@H](CS)NC(=O)CNC(=O)[C@H](C)NC(=O)[C@H](CCCCN)NC(=O)[C@H](C)NC(=S)[C@H](C)NC(=O)[C@H](CC(C)C)NC(C)=O)[C@@H](C)C(=O)NCC(N)=O)cc(=O)oc2c1. The second-order valence-electron chi connectivity index (χ2n) is 19.9. The summed E-state index contributed by atoms with van der Waals surface area (Å²) in [6.45, 7) is 11.5. The van der Waals surface area contributed by atoms with Gasteiger partial charge in [0.15, 0.2) is 0 Å². The molecule has 2 rings (SSSR count). The van der Waals surface area contributed by atoms with E-state index in [2.05, 4.69) is 65.8 Å². The first kappa shape index (κ1) is 70.7. The molecular weight excluding hydrogens is 1110 g/mol. The Kier molecular flexibility index (Phi) is 30.5. The first-order valence-corrected chi connectivity index (χ1v) is 27.8. The lowest BCUT2D eigenvalue weighted by atomic mass is 10.0. The number of rotatable bonds is 35. The maximum Gasteiger partial charge on any atom is 0.338 e. The van der Waals surface area contributed by atoms with Crippen LogP contribution in [0.15, 0.2) is 33.5 Å². The highest BCUT2D eigenvalue weighted by Gasteiger charge is 2.36. The Morgan fingerprint density at radius 2 is 1.15 bits per heavy atom. The predicted octanol–water partition coefficient (Wildman–Crippen LogP) is -2.75. The van der Waals surface area contributed by atoms with E-state index in [1.165, 1.54) is 59.9 Å². The topological polar surface area (TPSA) is 429 Å². The standard InChI is InChI=1S/C52H82N14O14S2/c1-26(2)20-37(62-32(8)67)49(76)60-30(6)51(82)61-29(5)46(73)64-35(14-10-12-18-53)48(75)58-27(3)44(71)57-24-42(69)63-38(25-81)50(77)59-28(4)45(72)65-36(15-11-13-19-54)52(78)66(31(7)47(74)56-23-41(55)68)39-22-43(70)80-40-21-33(79-9)16-17-34(39)40/h16-17,21-22,26-31,35-38,81H,10-15,18-20,23-25,53-54H2,1-9H3,(H2,55,68)(H,56,74)(H,57,71)(H,58,75)(H,59,77)(H,60,76)(H,61,82)(H,62,67)(H,63,69)(H,64,73)(H,65,72)/t27-,28-,29-,30-,31-,35-,36-,37-,38-/m0/s1. The molecule has 0 aliphatic heterocycles. The van der Waals surface area contributed by atoms with Gasteiger partial charge >= 0.3 is 5.63 Å². The number of nitrogens with one attached hydrogen (secondary N) is 10. The third kappa shape index (κ3) is 23.6. The molecule has 0 saturated carbocycles. The fourth-order valence-electron chi connectivity index (χ4n) is 7.93. The van der Waals surface area contributed by atoms with Crippen molar-refractivity contribution >= 4 is 111 Å². The van der Waals surface area contributed by atoms with E-state index in [4.69, 9.17) is 38.6 Å². The molecule has 2 aromatic rings. The number of thiol groups is 1. The molecule has 0 bridgehead atoms. The van der Waals surface area contributed by atoms with E-state index in [9.17, 15) is 57.5 Å². The number of fused-ring (bicyclic) bond motifs is 1. The number of amides is 11. The van der Waals surface area contributed by atoms with Gasteiger partial charge in [0.05, 0.1) is 36.9 Å². The third-order valence-corrected chi connectivity index (χ3v) is 13.3. The van der Waals surface area contributed by atoms with E-state index in [-0.39, 0.29) is 58.6 Å². The summed E-state index contributed by atoms with van der Waals surface area (Å²) in [5, 5.41) is 25.8. The monoisotopic (exact) mass is 1190 g/mol. The van der Waals surface area contributed by atoms with Crippen LogP contribution in [0.25, 0.3) is 11.0 Å². The average molecular weight is 1190 g/mol. The Bertz CT molecular complexity index is 2660. The molecule has 16 N–H and O–H groups in total. The molecular formula is C52H82N14O14S2. The smallest absolute Gasteiger partial charge is 0.338 e. The predicted molar refractivity (Wildman–Crippen MR) is 312 cm³/mol. The second kappa shape index (κ2) is 35.4. The van der Waals surface area contributed by atoms with E-state index in [0.717, 1.165) is 11.0 Å². The Morgan fingerprint density at radius 1 is 0.622 bits per heavy atom. The summed E-state index contributed by atoms with van der Waals surface area (Å²) in [5.74, 6) is -8.08. The first-order valence-electron chi connectivity index (χ1n) is 26.8. The number of nitrogens with two attached hydrogens (primary N) is 3. The molecule has 0 spiro atoms. The molecule has 0 saturated heterocycles. The Morgan fingerprint density at radius 3 is 1.70 bits per heavy atom. The van der Waals surface area contributed by atoms with Crippen molar-refractivity contribution < 1.29 is 61.9 Å². The Balaban J connectivity index is 2.15. The number of methoxy groups -OCH3 is 1. The van der Waals surface area contributed by atoms with Gasteiger partial charge in [-0.15, -0.1) is 0 Å². The molecule has 1 aromatic heterocycles. The number of primary amides is 1. The fraction of sp³-hybridized carbons (Fsp3) is 0.596. The number of thiocarbonyl (C=S) groups is 1. The molecule has 0 radical (unpaired) electrons. The normalized spacial score (nSPS) is 14.3. The molecule has 1 heterocycles. The maximum absolute atomic E-state index is 14.7. The maximum atomic E-state index is 14.7. The van der Waals surface area contributed by atoms with Gasteiger partial charge in [0.2, 0.25) is 65.0 Å². The number of carbonyl (C=O) groups is 11. The Labute approximate surface area is 486 Å². The van der Waals surface area contributed by atoms with Gasteiger partial charge in [0.25, 0.3) is 0 Å². The summed E-state index contributed by atoms with van der Waals surface area (Å²) in [5.41, 5.74) is 15.7. The van der Waals surface area contributed by atoms with Crippen molar-refractivity contribution in [3.05, 3.63) is 34.7 Å². The summed E-state index contributed by atoms with van der Waals surface area (Å²) in [7, 11) is 1.39. The van der Waals surface area contributed by atoms with Gasteiger partial charge in [-0.2, -0.15) is 12.6 Å². The minimum Gasteiger partial charge on any atom is -0.497 e. The summed E-state index contributed by atoms with van der Waals surface area (Å²) in [6.07, 6.45) is 2.14. The zero-order valence-corrected chi connectivity index (χ0v) is 49.5. The van der Waals surface area contributed by atoms with Crippen LogP contribution < -0.4 is 85.6 Å². The molecule has 1 aromatic carbocycles. The van der Waals surface area contributed by atoms with Crippen molar-refractivity contribution in [1.82, 2.24) is 53.2 Å². The summed E-state index contributed by atoms with van der Waals surface area (Å²) < 4.78 is 10.6. The van der Waals surface area contributed by atoms with E-state index in [1.54, 1.807) is 6.92 Å². The van der Waals surface area contributed by atoms with Crippen molar-refractivity contribution in [2.24, 2.45) is 23.1 Å². The molecule has 82 heavy (non-hydrogen) atoms. The van der Waals surface area contributed by atoms with Gasteiger partial charge in [-0.25, -0.2) is 4.79 Å². The molecule has 0 fully saturated rings. The number of nitrogens with zero attached hydrogens (tertiary/aromatic N) is 1. The second-order valence-corrected chi connectivity index (χ2v) is 20.7. The number of ether oxygens (including phenoxy) is 1. The number of anilines is 1. The van der Waals surface area contributed by atoms with Crippen LogP contribution in [0.3, 0.4) is 0 Å². The highest BCUT2D eigenvalue weighted by atomic mass is 32.1. The molecule has 0 unspecified atom stereocenters. The highest BCUT2D eigenvalue weighted by molar-refractivity contribution is 7.80. The minimum atomic E-state index is -1.42. The molecule has 9 atom stereocenters. The van der Waals surface area contributed by atoms with Crippen LogP contribution in [0.1, 0.15) is 100 Å². The van der Waals surface area contributed by atoms with E-state index >= 15 is 0 Å². The van der Waals surface area contributed by atoms with Crippen LogP contribution in [0, 0.1) is 5.92 Å². The molecule has 0 aliphatic carbocycles. The minimum absolute atomic E-state index is 0.00331. The van der Waals surface area contributed by atoms with Gasteiger partial charge in [-0.3, -0.25) is 57.6 Å². The quantitative estimate of drug-likeness (QED) is 0.0144. The average Bonchev–Trinajstić information content (AvgIpc) is 3.19. The van der Waals surface area contributed by atoms with Crippen molar-refractivity contribution in [2.75, 3.05) is 43.9 Å². The number of hydrogen-bond donors (Lipinski definition) is 14. The van der Waals surface area contributed by atoms with Gasteiger partial charge in [-0.1, -0.05) is 26.1 Å². The summed E-state index contributed by atoms with van der Waals surface area (Å²) >= 11 is 9.64. The van der Waals surface area contributed by atoms with Crippen LogP contribution in [0.5, 0.6) is 5.75 Å². The molecule has 30 heteroatoms. The highest BCUT2D eigenvalue weighted by Crippen LogP contribution is 2.31. The zero-order valence-electron chi connectivity index (χ0n) is 47.8. The van der Waals surface area contributed by atoms with E-state index in [1.807, 2.05) is 13.8 Å². The lowest BCUT2D eigenvalue weighted by Gasteiger charge is -2.33. The molecule has 456 valence electrons. The summed E-state index contributed by atoms with van der Waals surface area (Å²) in [6, 6.07) is -5.05. The molecule has 0 aliphatic rings. The number of unbranched alkanes of at least 4 members (excludes halogenated alkanes) is 2. The van der Waals surface area contributed by atoms with Crippen molar-refractivity contribution in [2.45, 2.75) is 155 Å². The zero-order chi connectivity index (χ0) is 62.0. The van der Waals surface area contributed by atoms with Crippen LogP contribution in [-0.4, -0.2) is 163 Å². The lowest BCUT2D eigenvalue weighted by Crippen LogP contribution is -2.59.